The second-order valence-corrected chi connectivity index (χ2v) is 7.22. The molecule has 0 amide bonds. The highest BCUT2D eigenvalue weighted by Gasteiger charge is 2.59. The fraction of sp³-hybridized carbons (Fsp3) is 0.611. The molecule has 1 heterocycles. The number of ether oxygens (including phenoxy) is 1. The van der Waals surface area contributed by atoms with Gasteiger partial charge in [0.25, 0.3) is 0 Å². The van der Waals surface area contributed by atoms with E-state index in [0.29, 0.717) is 24.6 Å². The Hall–Kier alpha value is -0.890. The van der Waals surface area contributed by atoms with Crippen molar-refractivity contribution < 1.29 is 9.13 Å². The second kappa shape index (κ2) is 7.56. The predicted molar refractivity (Wildman–Crippen MR) is 105 cm³/mol. The lowest BCUT2D eigenvalue weighted by molar-refractivity contribution is -0.107. The van der Waals surface area contributed by atoms with Crippen molar-refractivity contribution in [3.05, 3.63) is 35.6 Å². The summed E-state index contributed by atoms with van der Waals surface area (Å²) in [5.74, 6) is 1.20. The monoisotopic (exact) mass is 447 g/mol. The Labute approximate surface area is 160 Å². The number of benzene rings is 1. The first kappa shape index (κ1) is 19.4. The molecule has 3 unspecified atom stereocenters. The van der Waals surface area contributed by atoms with E-state index in [-0.39, 0.29) is 35.2 Å². The van der Waals surface area contributed by atoms with Gasteiger partial charge >= 0.3 is 0 Å². The van der Waals surface area contributed by atoms with Gasteiger partial charge in [0.1, 0.15) is 5.82 Å². The molecule has 1 aromatic carbocycles. The van der Waals surface area contributed by atoms with Gasteiger partial charge in [-0.2, -0.15) is 0 Å². The quantitative estimate of drug-likeness (QED) is 0.439. The van der Waals surface area contributed by atoms with E-state index in [9.17, 15) is 4.39 Å². The fourth-order valence-electron chi connectivity index (χ4n) is 4.09. The van der Waals surface area contributed by atoms with Gasteiger partial charge in [-0.15, -0.1) is 24.0 Å². The Morgan fingerprint density at radius 2 is 2.21 bits per heavy atom. The van der Waals surface area contributed by atoms with E-state index in [0.717, 1.165) is 24.6 Å². The number of aliphatic imine (C=N–C) groups is 1. The Bertz CT molecular complexity index is 608. The topological polar surface area (TPSA) is 36.9 Å². The molecule has 0 bridgehead atoms. The molecule has 3 rings (SSSR count). The van der Waals surface area contributed by atoms with Crippen LogP contribution in [0.2, 0.25) is 0 Å². The van der Waals surface area contributed by atoms with Gasteiger partial charge in [-0.05, 0) is 24.1 Å². The zero-order chi connectivity index (χ0) is 16.6. The molecule has 1 saturated carbocycles. The third-order valence-electron chi connectivity index (χ3n) is 5.27. The van der Waals surface area contributed by atoms with Crippen molar-refractivity contribution in [3.63, 3.8) is 0 Å². The van der Waals surface area contributed by atoms with Crippen LogP contribution >= 0.6 is 24.0 Å². The first-order valence-electron chi connectivity index (χ1n) is 8.24. The van der Waals surface area contributed by atoms with Crippen LogP contribution in [0.1, 0.15) is 25.8 Å². The van der Waals surface area contributed by atoms with Gasteiger partial charge in [0.15, 0.2) is 5.96 Å². The summed E-state index contributed by atoms with van der Waals surface area (Å²) in [5.41, 5.74) is 1.04. The summed E-state index contributed by atoms with van der Waals surface area (Å²) >= 11 is 0. The second-order valence-electron chi connectivity index (χ2n) is 7.22. The van der Waals surface area contributed by atoms with Crippen molar-refractivity contribution in [2.75, 3.05) is 20.7 Å². The lowest BCUT2D eigenvalue weighted by Gasteiger charge is -2.55. The summed E-state index contributed by atoms with van der Waals surface area (Å²) in [6.07, 6.45) is 1.46. The highest BCUT2D eigenvalue weighted by atomic mass is 127. The van der Waals surface area contributed by atoms with E-state index in [4.69, 9.17) is 4.74 Å². The first-order chi connectivity index (χ1) is 10.9. The number of fused-ring (bicyclic) bond motifs is 1. The van der Waals surface area contributed by atoms with Gasteiger partial charge in [0, 0.05) is 44.6 Å². The maximum Gasteiger partial charge on any atom is 0.193 e. The highest BCUT2D eigenvalue weighted by molar-refractivity contribution is 14.0. The van der Waals surface area contributed by atoms with Crippen LogP contribution in [0.4, 0.5) is 4.39 Å². The van der Waals surface area contributed by atoms with Crippen LogP contribution in [0.5, 0.6) is 0 Å². The molecule has 1 aliphatic heterocycles. The van der Waals surface area contributed by atoms with Gasteiger partial charge < -0.3 is 15.0 Å². The lowest BCUT2D eigenvalue weighted by Crippen LogP contribution is -2.67. The molecule has 6 heteroatoms. The minimum absolute atomic E-state index is 0. The van der Waals surface area contributed by atoms with Crippen molar-refractivity contribution in [1.29, 1.82) is 0 Å². The molecule has 1 N–H and O–H groups in total. The largest absolute Gasteiger partial charge is 0.377 e. The number of halogens is 2. The summed E-state index contributed by atoms with van der Waals surface area (Å²) in [6, 6.07) is 7.07. The van der Waals surface area contributed by atoms with E-state index >= 15 is 0 Å². The zero-order valence-electron chi connectivity index (χ0n) is 14.8. The molecule has 2 fully saturated rings. The molecule has 134 valence electrons. The molecule has 3 atom stereocenters. The number of rotatable bonds is 3. The van der Waals surface area contributed by atoms with Crippen molar-refractivity contribution in [2.24, 2.45) is 16.3 Å². The maximum absolute atomic E-state index is 13.3. The smallest absolute Gasteiger partial charge is 0.193 e. The van der Waals surface area contributed by atoms with E-state index < -0.39 is 0 Å². The average Bonchev–Trinajstić information content (AvgIpc) is 2.94. The molecule has 0 spiro atoms. The van der Waals surface area contributed by atoms with Crippen molar-refractivity contribution in [1.82, 2.24) is 10.2 Å². The maximum atomic E-state index is 13.3. The molecule has 0 aromatic heterocycles. The molecular formula is C18H27FIN3O. The summed E-state index contributed by atoms with van der Waals surface area (Å²) in [5, 5.41) is 3.60. The molecule has 1 aliphatic carbocycles. The number of nitrogens with zero attached hydrogens (tertiary/aromatic N) is 2. The standard InChI is InChI=1S/C18H26FN3O.HI/c1-18(2)15(14-8-9-23-16(14)18)21-17(20-3)22(4)11-12-6-5-7-13(19)10-12;/h5-7,10,14-16H,8-9,11H2,1-4H3,(H,20,21);1H. The zero-order valence-corrected chi connectivity index (χ0v) is 17.1. The van der Waals surface area contributed by atoms with Gasteiger partial charge in [0.2, 0.25) is 0 Å². The Morgan fingerprint density at radius 1 is 1.46 bits per heavy atom. The van der Waals surface area contributed by atoms with Crippen molar-refractivity contribution >= 4 is 29.9 Å². The van der Waals surface area contributed by atoms with Crippen molar-refractivity contribution in [2.45, 2.75) is 39.0 Å². The molecule has 24 heavy (non-hydrogen) atoms. The first-order valence-corrected chi connectivity index (χ1v) is 8.24. The molecule has 1 aromatic rings. The van der Waals surface area contributed by atoms with Crippen LogP contribution in [0.25, 0.3) is 0 Å². The van der Waals surface area contributed by atoms with Crippen LogP contribution < -0.4 is 5.32 Å². The third kappa shape index (κ3) is 3.54. The van der Waals surface area contributed by atoms with E-state index in [1.165, 1.54) is 6.07 Å². The number of guanidine groups is 1. The molecule has 1 saturated heterocycles. The van der Waals surface area contributed by atoms with Crippen LogP contribution in [0, 0.1) is 17.2 Å². The Morgan fingerprint density at radius 3 is 2.88 bits per heavy atom. The minimum Gasteiger partial charge on any atom is -0.377 e. The normalized spacial score (nSPS) is 27.7. The number of nitrogens with one attached hydrogen (secondary N) is 1. The predicted octanol–water partition coefficient (Wildman–Crippen LogP) is 3.26. The Balaban J connectivity index is 0.00000208. The van der Waals surface area contributed by atoms with Crippen molar-refractivity contribution in [3.8, 4) is 0 Å². The van der Waals surface area contributed by atoms with Gasteiger partial charge in [0.05, 0.1) is 6.10 Å². The molecular weight excluding hydrogens is 420 g/mol. The average molecular weight is 447 g/mol. The number of hydrogen-bond acceptors (Lipinski definition) is 2. The van der Waals surface area contributed by atoms with Gasteiger partial charge in [-0.3, -0.25) is 4.99 Å². The minimum atomic E-state index is -0.204. The third-order valence-corrected chi connectivity index (χ3v) is 5.27. The number of hydrogen-bond donors (Lipinski definition) is 1. The molecule has 0 radical (unpaired) electrons. The summed E-state index contributed by atoms with van der Waals surface area (Å²) < 4.78 is 19.2. The van der Waals surface area contributed by atoms with E-state index in [1.54, 1.807) is 19.2 Å². The van der Waals surface area contributed by atoms with Crippen LogP contribution in [-0.4, -0.2) is 43.7 Å². The van der Waals surface area contributed by atoms with E-state index in [1.807, 2.05) is 18.0 Å². The van der Waals surface area contributed by atoms with E-state index in [2.05, 4.69) is 24.2 Å². The van der Waals surface area contributed by atoms with Crippen LogP contribution in [0.15, 0.2) is 29.3 Å². The summed E-state index contributed by atoms with van der Waals surface area (Å²) in [7, 11) is 3.77. The van der Waals surface area contributed by atoms with Gasteiger partial charge in [-0.25, -0.2) is 4.39 Å². The fourth-order valence-corrected chi connectivity index (χ4v) is 4.09. The SMILES string of the molecule is CN=C(NC1C2CCOC2C1(C)C)N(C)Cc1cccc(F)c1.I. The molecule has 2 aliphatic rings. The lowest BCUT2D eigenvalue weighted by atomic mass is 9.57. The Kier molecular flexibility index (Phi) is 6.12. The summed E-state index contributed by atoms with van der Waals surface area (Å²) in [6.45, 7) is 5.97. The highest BCUT2D eigenvalue weighted by Crippen LogP contribution is 2.52. The van der Waals surface area contributed by atoms with Gasteiger partial charge in [-0.1, -0.05) is 26.0 Å². The summed E-state index contributed by atoms with van der Waals surface area (Å²) in [4.78, 5) is 6.44. The van der Waals surface area contributed by atoms with Crippen LogP contribution in [0.3, 0.4) is 0 Å². The van der Waals surface area contributed by atoms with Crippen LogP contribution in [-0.2, 0) is 11.3 Å². The molecule has 4 nitrogen and oxygen atoms in total.